The molecule has 1 amide bonds. The molecule has 2 aromatic heterocycles. The third kappa shape index (κ3) is 2.97. The van der Waals surface area contributed by atoms with Crippen LogP contribution in [0.5, 0.6) is 0 Å². The minimum absolute atomic E-state index is 0.120. The molecule has 1 N–H and O–H groups in total. The van der Waals surface area contributed by atoms with Crippen molar-refractivity contribution < 1.29 is 4.79 Å². The van der Waals surface area contributed by atoms with E-state index >= 15 is 0 Å². The lowest BCUT2D eigenvalue weighted by Crippen LogP contribution is -2.33. The SMILES string of the molecule is CCc1nc(C)c(C(C)N(C)C(=O)c2c[nH]cc(C)c2=O)s1. The van der Waals surface area contributed by atoms with Crippen molar-refractivity contribution in [3.63, 3.8) is 0 Å². The van der Waals surface area contributed by atoms with Crippen LogP contribution in [0, 0.1) is 13.8 Å². The summed E-state index contributed by atoms with van der Waals surface area (Å²) in [6.45, 7) is 7.68. The first-order valence-electron chi connectivity index (χ1n) is 7.27. The fourth-order valence-electron chi connectivity index (χ4n) is 2.30. The fourth-order valence-corrected chi connectivity index (χ4v) is 3.40. The molecule has 0 aliphatic heterocycles. The number of aryl methyl sites for hydroxylation is 3. The van der Waals surface area contributed by atoms with Gasteiger partial charge in [-0.15, -0.1) is 11.3 Å². The predicted molar refractivity (Wildman–Crippen MR) is 88.5 cm³/mol. The first-order valence-corrected chi connectivity index (χ1v) is 8.09. The fraction of sp³-hybridized carbons (Fsp3) is 0.438. The summed E-state index contributed by atoms with van der Waals surface area (Å²) in [7, 11) is 1.72. The maximum atomic E-state index is 12.6. The van der Waals surface area contributed by atoms with Crippen molar-refractivity contribution in [1.29, 1.82) is 0 Å². The minimum atomic E-state index is -0.275. The minimum Gasteiger partial charge on any atom is -0.366 e. The smallest absolute Gasteiger partial charge is 0.259 e. The van der Waals surface area contributed by atoms with Gasteiger partial charge in [-0.05, 0) is 27.2 Å². The first kappa shape index (κ1) is 16.4. The number of hydrogen-bond donors (Lipinski definition) is 1. The Labute approximate surface area is 134 Å². The van der Waals surface area contributed by atoms with Gasteiger partial charge in [-0.1, -0.05) is 6.92 Å². The second kappa shape index (κ2) is 6.44. The largest absolute Gasteiger partial charge is 0.366 e. The van der Waals surface area contributed by atoms with Crippen molar-refractivity contribution in [2.24, 2.45) is 0 Å². The maximum absolute atomic E-state index is 12.6. The van der Waals surface area contributed by atoms with Crippen molar-refractivity contribution >= 4 is 17.2 Å². The van der Waals surface area contributed by atoms with Crippen molar-refractivity contribution in [3.8, 4) is 0 Å². The number of nitrogens with one attached hydrogen (secondary N) is 1. The van der Waals surface area contributed by atoms with E-state index < -0.39 is 0 Å². The molecule has 1 unspecified atom stereocenters. The van der Waals surface area contributed by atoms with Crippen LogP contribution in [-0.4, -0.2) is 27.8 Å². The molecule has 0 aliphatic rings. The Hall–Kier alpha value is -1.95. The summed E-state index contributed by atoms with van der Waals surface area (Å²) in [5.74, 6) is -0.275. The van der Waals surface area contributed by atoms with Crippen LogP contribution in [0.15, 0.2) is 17.2 Å². The summed E-state index contributed by atoms with van der Waals surface area (Å²) in [4.78, 5) is 34.8. The standard InChI is InChI=1S/C16H21N3O2S/c1-6-13-18-10(3)15(22-13)11(4)19(5)16(21)12-8-17-7-9(2)14(12)20/h7-8,11H,6H2,1-5H3,(H,17,20). The molecule has 22 heavy (non-hydrogen) atoms. The first-order chi connectivity index (χ1) is 10.4. The number of aromatic amines is 1. The van der Waals surface area contributed by atoms with Crippen molar-refractivity contribution in [2.75, 3.05) is 7.05 Å². The zero-order valence-corrected chi connectivity index (χ0v) is 14.4. The summed E-state index contributed by atoms with van der Waals surface area (Å²) in [5.41, 5.74) is 1.44. The van der Waals surface area contributed by atoms with Crippen LogP contribution < -0.4 is 5.43 Å². The molecule has 2 aromatic rings. The van der Waals surface area contributed by atoms with E-state index in [1.807, 2.05) is 13.8 Å². The van der Waals surface area contributed by atoms with Crippen LogP contribution in [0.1, 0.15) is 51.4 Å². The molecule has 2 heterocycles. The number of carbonyl (C=O) groups is 1. The van der Waals surface area contributed by atoms with Gasteiger partial charge in [-0.2, -0.15) is 0 Å². The van der Waals surface area contributed by atoms with E-state index in [2.05, 4.69) is 16.9 Å². The Bertz CT molecular complexity index is 748. The van der Waals surface area contributed by atoms with Crippen molar-refractivity contribution in [1.82, 2.24) is 14.9 Å². The van der Waals surface area contributed by atoms with E-state index in [-0.39, 0.29) is 22.9 Å². The monoisotopic (exact) mass is 319 g/mol. The normalized spacial score (nSPS) is 12.2. The molecule has 0 aliphatic carbocycles. The Morgan fingerprint density at radius 2 is 2.09 bits per heavy atom. The van der Waals surface area contributed by atoms with Gasteiger partial charge < -0.3 is 9.88 Å². The highest BCUT2D eigenvalue weighted by molar-refractivity contribution is 7.11. The molecule has 0 bridgehead atoms. The lowest BCUT2D eigenvalue weighted by atomic mass is 10.1. The van der Waals surface area contributed by atoms with Gasteiger partial charge in [0.1, 0.15) is 5.56 Å². The molecule has 0 saturated heterocycles. The van der Waals surface area contributed by atoms with Gasteiger partial charge in [0.2, 0.25) is 0 Å². The zero-order chi connectivity index (χ0) is 16.4. The van der Waals surface area contributed by atoms with Gasteiger partial charge in [0, 0.05) is 29.9 Å². The number of rotatable bonds is 4. The molecule has 5 nitrogen and oxygen atoms in total. The average Bonchev–Trinajstić information content (AvgIpc) is 2.89. The van der Waals surface area contributed by atoms with Gasteiger partial charge in [-0.25, -0.2) is 4.98 Å². The van der Waals surface area contributed by atoms with E-state index in [1.54, 1.807) is 36.4 Å². The Morgan fingerprint density at radius 1 is 1.41 bits per heavy atom. The molecule has 0 saturated carbocycles. The van der Waals surface area contributed by atoms with Crippen LogP contribution in [-0.2, 0) is 6.42 Å². The van der Waals surface area contributed by atoms with Gasteiger partial charge >= 0.3 is 0 Å². The highest BCUT2D eigenvalue weighted by atomic mass is 32.1. The summed E-state index contributed by atoms with van der Waals surface area (Å²) in [6, 6.07) is -0.120. The third-order valence-electron chi connectivity index (χ3n) is 3.82. The highest BCUT2D eigenvalue weighted by Gasteiger charge is 2.24. The van der Waals surface area contributed by atoms with Gasteiger partial charge in [0.15, 0.2) is 5.43 Å². The summed E-state index contributed by atoms with van der Waals surface area (Å²) in [5, 5.41) is 1.06. The molecule has 118 valence electrons. The molecule has 0 fully saturated rings. The molecule has 0 radical (unpaired) electrons. The van der Waals surface area contributed by atoms with Gasteiger partial charge in [0.25, 0.3) is 5.91 Å². The number of aromatic nitrogens is 2. The number of nitrogens with zero attached hydrogens (tertiary/aromatic N) is 2. The van der Waals surface area contributed by atoms with E-state index in [0.29, 0.717) is 5.56 Å². The molecular formula is C16H21N3O2S. The second-order valence-electron chi connectivity index (χ2n) is 5.38. The van der Waals surface area contributed by atoms with Crippen LogP contribution >= 0.6 is 11.3 Å². The lowest BCUT2D eigenvalue weighted by Gasteiger charge is -2.24. The topological polar surface area (TPSA) is 66.1 Å². The Kier molecular flexibility index (Phi) is 4.81. The molecule has 0 spiro atoms. The highest BCUT2D eigenvalue weighted by Crippen LogP contribution is 2.29. The van der Waals surface area contributed by atoms with E-state index in [9.17, 15) is 9.59 Å². The molecule has 2 rings (SSSR count). The Morgan fingerprint density at radius 3 is 2.68 bits per heavy atom. The number of amides is 1. The number of thiazole rings is 1. The Balaban J connectivity index is 2.32. The number of hydrogen-bond acceptors (Lipinski definition) is 4. The number of H-pyrrole nitrogens is 1. The lowest BCUT2D eigenvalue weighted by molar-refractivity contribution is 0.0742. The van der Waals surface area contributed by atoms with Crippen LogP contribution in [0.4, 0.5) is 0 Å². The molecule has 1 atom stereocenters. The molecule has 0 aromatic carbocycles. The maximum Gasteiger partial charge on any atom is 0.259 e. The van der Waals surface area contributed by atoms with E-state index in [1.165, 1.54) is 6.20 Å². The van der Waals surface area contributed by atoms with Crippen LogP contribution in [0.2, 0.25) is 0 Å². The van der Waals surface area contributed by atoms with E-state index in [4.69, 9.17) is 0 Å². The summed E-state index contributed by atoms with van der Waals surface area (Å²) < 4.78 is 0. The molecule has 6 heteroatoms. The van der Waals surface area contributed by atoms with Crippen molar-refractivity contribution in [3.05, 3.63) is 49.3 Å². The van der Waals surface area contributed by atoms with Crippen molar-refractivity contribution in [2.45, 2.75) is 40.2 Å². The quantitative estimate of drug-likeness (QED) is 0.942. The van der Waals surface area contributed by atoms with E-state index in [0.717, 1.165) is 22.0 Å². The molecular weight excluding hydrogens is 298 g/mol. The van der Waals surface area contributed by atoms with Crippen LogP contribution in [0.3, 0.4) is 0 Å². The third-order valence-corrected chi connectivity index (χ3v) is 5.29. The number of carbonyl (C=O) groups excluding carboxylic acids is 1. The summed E-state index contributed by atoms with van der Waals surface area (Å²) in [6.07, 6.45) is 3.95. The van der Waals surface area contributed by atoms with Crippen LogP contribution in [0.25, 0.3) is 0 Å². The van der Waals surface area contributed by atoms with Gasteiger partial charge in [-0.3, -0.25) is 9.59 Å². The zero-order valence-electron chi connectivity index (χ0n) is 13.6. The average molecular weight is 319 g/mol. The predicted octanol–water partition coefficient (Wildman–Crippen LogP) is 2.84. The number of pyridine rings is 1. The second-order valence-corrected chi connectivity index (χ2v) is 6.50. The summed E-state index contributed by atoms with van der Waals surface area (Å²) >= 11 is 1.62. The van der Waals surface area contributed by atoms with Gasteiger partial charge in [0.05, 0.1) is 16.7 Å².